The van der Waals surface area contributed by atoms with Gasteiger partial charge in [0.1, 0.15) is 0 Å². The largest absolute Gasteiger partial charge is 0.469 e. The molecule has 0 spiro atoms. The zero-order chi connectivity index (χ0) is 14.9. The number of thioether (sulfide) groups is 2. The first-order valence-corrected chi connectivity index (χ1v) is 10.3. The standard InChI is InChI=1S/C16H32O2S2/c1-3-4-10-13-19-15-20-14-11-8-6-5-7-9-12-16(17)18-2/h3-15H2,1-2H3. The van der Waals surface area contributed by atoms with Crippen LogP contribution < -0.4 is 0 Å². The molecular weight excluding hydrogens is 288 g/mol. The van der Waals surface area contributed by atoms with Crippen molar-refractivity contribution >= 4 is 29.5 Å². The van der Waals surface area contributed by atoms with E-state index in [1.807, 2.05) is 0 Å². The van der Waals surface area contributed by atoms with Crippen molar-refractivity contribution in [1.29, 1.82) is 0 Å². The summed E-state index contributed by atoms with van der Waals surface area (Å²) < 4.78 is 4.62. The first-order valence-electron chi connectivity index (χ1n) is 8.03. The average Bonchev–Trinajstić information content (AvgIpc) is 2.47. The summed E-state index contributed by atoms with van der Waals surface area (Å²) in [6.45, 7) is 2.26. The quantitative estimate of drug-likeness (QED) is 0.226. The Morgan fingerprint density at radius 3 is 2.00 bits per heavy atom. The van der Waals surface area contributed by atoms with E-state index in [4.69, 9.17) is 0 Å². The summed E-state index contributed by atoms with van der Waals surface area (Å²) in [7, 11) is 1.46. The van der Waals surface area contributed by atoms with Crippen molar-refractivity contribution in [3.8, 4) is 0 Å². The number of ether oxygens (including phenoxy) is 1. The number of hydrogen-bond acceptors (Lipinski definition) is 4. The zero-order valence-electron chi connectivity index (χ0n) is 13.3. The lowest BCUT2D eigenvalue weighted by Crippen LogP contribution is -1.99. The lowest BCUT2D eigenvalue weighted by Gasteiger charge is -2.03. The predicted molar refractivity (Wildman–Crippen MR) is 93.6 cm³/mol. The molecule has 0 radical (unpaired) electrons. The molecule has 0 aliphatic rings. The van der Waals surface area contributed by atoms with Crippen LogP contribution in [0.1, 0.15) is 71.1 Å². The minimum absolute atomic E-state index is 0.0714. The second kappa shape index (κ2) is 17.2. The summed E-state index contributed by atoms with van der Waals surface area (Å²) in [6.07, 6.45) is 12.1. The molecule has 0 amide bonds. The van der Waals surface area contributed by atoms with Crippen molar-refractivity contribution in [1.82, 2.24) is 0 Å². The molecule has 0 aliphatic heterocycles. The average molecular weight is 321 g/mol. The fourth-order valence-corrected chi connectivity index (χ4v) is 4.14. The predicted octanol–water partition coefficient (Wildman–Crippen LogP) is 5.50. The van der Waals surface area contributed by atoms with Gasteiger partial charge < -0.3 is 4.74 Å². The van der Waals surface area contributed by atoms with Gasteiger partial charge in [-0.1, -0.05) is 45.4 Å². The molecule has 120 valence electrons. The molecule has 0 aromatic heterocycles. The molecule has 0 fully saturated rings. The highest BCUT2D eigenvalue weighted by Gasteiger charge is 1.99. The molecule has 0 aromatic rings. The first-order chi connectivity index (χ1) is 9.81. The van der Waals surface area contributed by atoms with Crippen LogP contribution in [0.3, 0.4) is 0 Å². The molecule has 0 unspecified atom stereocenters. The molecule has 2 nitrogen and oxygen atoms in total. The normalized spacial score (nSPS) is 10.7. The van der Waals surface area contributed by atoms with Crippen molar-refractivity contribution in [2.24, 2.45) is 0 Å². The summed E-state index contributed by atoms with van der Waals surface area (Å²) in [5.41, 5.74) is 0. The third kappa shape index (κ3) is 16.2. The summed E-state index contributed by atoms with van der Waals surface area (Å²) in [5.74, 6) is 2.57. The van der Waals surface area contributed by atoms with Crippen molar-refractivity contribution < 1.29 is 9.53 Å². The molecular formula is C16H32O2S2. The van der Waals surface area contributed by atoms with Gasteiger partial charge in [-0.25, -0.2) is 0 Å². The van der Waals surface area contributed by atoms with E-state index in [9.17, 15) is 4.79 Å². The topological polar surface area (TPSA) is 26.3 Å². The van der Waals surface area contributed by atoms with E-state index in [2.05, 4.69) is 35.2 Å². The van der Waals surface area contributed by atoms with Crippen LogP contribution in [0.4, 0.5) is 0 Å². The molecule has 4 heteroatoms. The maximum absolute atomic E-state index is 10.9. The van der Waals surface area contributed by atoms with Gasteiger partial charge in [-0.3, -0.25) is 4.79 Å². The van der Waals surface area contributed by atoms with E-state index in [1.54, 1.807) is 0 Å². The van der Waals surface area contributed by atoms with E-state index >= 15 is 0 Å². The minimum Gasteiger partial charge on any atom is -0.469 e. The Hall–Kier alpha value is 0.170. The van der Waals surface area contributed by atoms with Gasteiger partial charge in [-0.15, -0.1) is 0 Å². The fraction of sp³-hybridized carbons (Fsp3) is 0.938. The highest BCUT2D eigenvalue weighted by Crippen LogP contribution is 2.16. The van der Waals surface area contributed by atoms with Gasteiger partial charge in [0.15, 0.2) is 0 Å². The summed E-state index contributed by atoms with van der Waals surface area (Å²) >= 11 is 4.18. The molecule has 0 bridgehead atoms. The van der Waals surface area contributed by atoms with Crippen molar-refractivity contribution in [2.75, 3.05) is 23.7 Å². The molecule has 0 N–H and O–H groups in total. The monoisotopic (exact) mass is 320 g/mol. The molecule has 0 atom stereocenters. The van der Waals surface area contributed by atoms with Gasteiger partial charge in [-0.05, 0) is 30.8 Å². The number of rotatable bonds is 15. The van der Waals surface area contributed by atoms with Gasteiger partial charge >= 0.3 is 5.97 Å². The Kier molecular flexibility index (Phi) is 17.4. The Morgan fingerprint density at radius 1 is 0.850 bits per heavy atom. The lowest BCUT2D eigenvalue weighted by molar-refractivity contribution is -0.140. The van der Waals surface area contributed by atoms with Crippen molar-refractivity contribution in [2.45, 2.75) is 71.1 Å². The van der Waals surface area contributed by atoms with Crippen LogP contribution in [0.2, 0.25) is 0 Å². The summed E-state index contributed by atoms with van der Waals surface area (Å²) in [4.78, 5) is 10.9. The van der Waals surface area contributed by atoms with E-state index in [0.29, 0.717) is 6.42 Å². The SMILES string of the molecule is CCCCCSCSCCCCCCCCC(=O)OC. The van der Waals surface area contributed by atoms with E-state index < -0.39 is 0 Å². The van der Waals surface area contributed by atoms with Gasteiger partial charge in [0.2, 0.25) is 0 Å². The van der Waals surface area contributed by atoms with Crippen LogP contribution in [-0.4, -0.2) is 29.7 Å². The fourth-order valence-electron chi connectivity index (χ4n) is 1.91. The number of carbonyl (C=O) groups excluding carboxylic acids is 1. The molecule has 0 rings (SSSR count). The minimum atomic E-state index is -0.0714. The maximum atomic E-state index is 10.9. The molecule has 0 aromatic carbocycles. The van der Waals surface area contributed by atoms with E-state index in [0.717, 1.165) is 12.8 Å². The third-order valence-corrected chi connectivity index (χ3v) is 5.69. The molecule has 20 heavy (non-hydrogen) atoms. The number of carbonyl (C=O) groups is 1. The van der Waals surface area contributed by atoms with E-state index in [-0.39, 0.29) is 5.97 Å². The Labute approximate surface area is 134 Å². The number of esters is 1. The Morgan fingerprint density at radius 2 is 1.40 bits per heavy atom. The second-order valence-corrected chi connectivity index (χ2v) is 7.66. The molecule has 0 heterocycles. The zero-order valence-corrected chi connectivity index (χ0v) is 15.0. The lowest BCUT2D eigenvalue weighted by atomic mass is 10.1. The number of unbranched alkanes of at least 4 members (excludes halogenated alkanes) is 7. The van der Waals surface area contributed by atoms with Gasteiger partial charge in [0, 0.05) is 11.5 Å². The van der Waals surface area contributed by atoms with Crippen molar-refractivity contribution in [3.05, 3.63) is 0 Å². The Balaban J connectivity index is 2.97. The number of hydrogen-bond donors (Lipinski definition) is 0. The molecule has 0 saturated heterocycles. The highest BCUT2D eigenvalue weighted by molar-refractivity contribution is 8.15. The molecule has 0 saturated carbocycles. The van der Waals surface area contributed by atoms with Crippen LogP contribution in [0.5, 0.6) is 0 Å². The smallest absolute Gasteiger partial charge is 0.305 e. The van der Waals surface area contributed by atoms with Crippen LogP contribution in [0.15, 0.2) is 0 Å². The van der Waals surface area contributed by atoms with Crippen molar-refractivity contribution in [3.63, 3.8) is 0 Å². The van der Waals surface area contributed by atoms with E-state index in [1.165, 1.54) is 68.6 Å². The van der Waals surface area contributed by atoms with Crippen LogP contribution >= 0.6 is 23.5 Å². The third-order valence-electron chi connectivity index (χ3n) is 3.21. The summed E-state index contributed by atoms with van der Waals surface area (Å²) in [5, 5.41) is 1.27. The highest BCUT2D eigenvalue weighted by atomic mass is 32.2. The second-order valence-electron chi connectivity index (χ2n) is 5.09. The van der Waals surface area contributed by atoms with Gasteiger partial charge in [0.25, 0.3) is 0 Å². The Bertz CT molecular complexity index is 211. The molecule has 0 aliphatic carbocycles. The van der Waals surface area contributed by atoms with Crippen LogP contribution in [-0.2, 0) is 9.53 Å². The first kappa shape index (κ1) is 20.2. The van der Waals surface area contributed by atoms with Crippen LogP contribution in [0, 0.1) is 0 Å². The summed E-state index contributed by atoms with van der Waals surface area (Å²) in [6, 6.07) is 0. The number of methoxy groups -OCH3 is 1. The van der Waals surface area contributed by atoms with Gasteiger partial charge in [-0.2, -0.15) is 23.5 Å². The van der Waals surface area contributed by atoms with Gasteiger partial charge in [0.05, 0.1) is 7.11 Å². The maximum Gasteiger partial charge on any atom is 0.305 e. The van der Waals surface area contributed by atoms with Crippen LogP contribution in [0.25, 0.3) is 0 Å².